The number of imide groups is 1. The number of methoxy groups -OCH3 is 1. The van der Waals surface area contributed by atoms with Crippen LogP contribution in [0, 0.1) is 3.57 Å². The van der Waals surface area contributed by atoms with Crippen LogP contribution in [0.3, 0.4) is 0 Å². The van der Waals surface area contributed by atoms with Gasteiger partial charge in [0.15, 0.2) is 11.5 Å². The van der Waals surface area contributed by atoms with E-state index < -0.39 is 11.8 Å². The maximum atomic E-state index is 13.3. The van der Waals surface area contributed by atoms with Crippen LogP contribution in [0.15, 0.2) is 71.8 Å². The van der Waals surface area contributed by atoms with Crippen molar-refractivity contribution < 1.29 is 19.1 Å². The molecule has 7 heteroatoms. The monoisotopic (exact) mass is 588 g/mol. The summed E-state index contributed by atoms with van der Waals surface area (Å²) in [5.41, 5.74) is 5.15. The van der Waals surface area contributed by atoms with Crippen molar-refractivity contribution in [2.45, 2.75) is 19.4 Å². The molecule has 1 aliphatic carbocycles. The van der Waals surface area contributed by atoms with Gasteiger partial charge in [0.2, 0.25) is 0 Å². The van der Waals surface area contributed by atoms with E-state index >= 15 is 0 Å². The van der Waals surface area contributed by atoms with Gasteiger partial charge in [0.05, 0.1) is 28.0 Å². The zero-order chi connectivity index (χ0) is 24.8. The molecule has 4 aromatic carbocycles. The first kappa shape index (κ1) is 22.7. The number of carbonyl (C=O) groups excluding carboxylic acids is 2. The average molecular weight is 588 g/mol. The number of nitrogens with zero attached hydrogens (tertiary/aromatic N) is 2. The number of halogens is 1. The Morgan fingerprint density at radius 2 is 1.58 bits per heavy atom. The maximum Gasteiger partial charge on any atom is 0.282 e. The smallest absolute Gasteiger partial charge is 0.282 e. The fourth-order valence-corrected chi connectivity index (χ4v) is 5.70. The summed E-state index contributed by atoms with van der Waals surface area (Å²) in [4.78, 5) is 26.6. The first-order valence-corrected chi connectivity index (χ1v) is 12.7. The lowest BCUT2D eigenvalue weighted by Crippen LogP contribution is -2.36. The summed E-state index contributed by atoms with van der Waals surface area (Å²) >= 11 is 2.18. The topological polar surface area (TPSA) is 68.2 Å². The molecule has 1 heterocycles. The molecule has 0 radical (unpaired) electrons. The lowest BCUT2D eigenvalue weighted by atomic mass is 9.92. The Hall–Kier alpha value is -3.72. The van der Waals surface area contributed by atoms with Crippen LogP contribution in [0.4, 0.5) is 0 Å². The Morgan fingerprint density at radius 1 is 0.917 bits per heavy atom. The number of amides is 2. The molecule has 2 aliphatic rings. The number of hydrazone groups is 1. The van der Waals surface area contributed by atoms with Crippen LogP contribution in [-0.4, -0.2) is 30.1 Å². The second kappa shape index (κ2) is 9.05. The molecular formula is C29H21IN2O4. The van der Waals surface area contributed by atoms with Gasteiger partial charge in [0.25, 0.3) is 11.8 Å². The molecule has 0 saturated carbocycles. The third-order valence-corrected chi connectivity index (χ3v) is 7.44. The minimum Gasteiger partial charge on any atom is -0.493 e. The van der Waals surface area contributed by atoms with E-state index in [2.05, 4.69) is 27.7 Å². The number of rotatable bonds is 6. The Kier molecular flexibility index (Phi) is 5.72. The lowest BCUT2D eigenvalue weighted by Gasteiger charge is -2.23. The fourth-order valence-electron chi connectivity index (χ4n) is 4.92. The molecule has 1 aliphatic heterocycles. The highest BCUT2D eigenvalue weighted by atomic mass is 127. The highest BCUT2D eigenvalue weighted by Crippen LogP contribution is 2.38. The van der Waals surface area contributed by atoms with Crippen LogP contribution in [-0.2, 0) is 19.4 Å². The van der Waals surface area contributed by atoms with Crippen LogP contribution >= 0.6 is 22.6 Å². The van der Waals surface area contributed by atoms with Crippen LogP contribution in [0.5, 0.6) is 11.5 Å². The van der Waals surface area contributed by atoms with E-state index in [-0.39, 0.29) is 0 Å². The highest BCUT2D eigenvalue weighted by Gasteiger charge is 2.35. The van der Waals surface area contributed by atoms with Crippen LogP contribution < -0.4 is 9.47 Å². The second-order valence-electron chi connectivity index (χ2n) is 8.77. The second-order valence-corrected chi connectivity index (χ2v) is 9.93. The van der Waals surface area contributed by atoms with Gasteiger partial charge in [0, 0.05) is 5.39 Å². The Labute approximate surface area is 221 Å². The van der Waals surface area contributed by atoms with E-state index in [1.807, 2.05) is 60.7 Å². The molecular weight excluding hydrogens is 567 g/mol. The number of ether oxygens (including phenoxy) is 2. The largest absolute Gasteiger partial charge is 0.493 e. The van der Waals surface area contributed by atoms with Gasteiger partial charge in [-0.05, 0) is 87.3 Å². The minimum absolute atomic E-state index is 0.409. The van der Waals surface area contributed by atoms with E-state index in [4.69, 9.17) is 9.47 Å². The summed E-state index contributed by atoms with van der Waals surface area (Å²) in [5, 5.41) is 7.08. The molecule has 6 nitrogen and oxygen atoms in total. The Balaban J connectivity index is 1.30. The summed E-state index contributed by atoms with van der Waals surface area (Å²) in [7, 11) is 1.58. The van der Waals surface area contributed by atoms with Crippen LogP contribution in [0.2, 0.25) is 0 Å². The van der Waals surface area contributed by atoms with E-state index in [0.717, 1.165) is 37.8 Å². The maximum absolute atomic E-state index is 13.3. The van der Waals surface area contributed by atoms with E-state index in [1.165, 1.54) is 17.3 Å². The third kappa shape index (κ3) is 3.74. The standard InChI is InChI=1S/C29H21IN2O4/c1-35-24-14-18(13-23(30)27(24)36-16-17-5-3-2-4-6-17)15-31-32-28(33)21-11-9-19-7-8-20-10-12-22(29(32)34)26(21)25(19)20/h2-6,9-15H,7-8,16H2,1H3/b31-15-. The van der Waals surface area contributed by atoms with Crippen molar-refractivity contribution in [3.05, 3.63) is 104 Å². The van der Waals surface area contributed by atoms with Crippen molar-refractivity contribution in [2.75, 3.05) is 7.11 Å². The van der Waals surface area contributed by atoms with Gasteiger partial charge in [0.1, 0.15) is 6.61 Å². The molecule has 4 aromatic rings. The lowest BCUT2D eigenvalue weighted by molar-refractivity contribution is 0.0616. The Morgan fingerprint density at radius 3 is 2.22 bits per heavy atom. The summed E-state index contributed by atoms with van der Waals surface area (Å²) in [5.74, 6) is 0.346. The molecule has 36 heavy (non-hydrogen) atoms. The zero-order valence-corrected chi connectivity index (χ0v) is 21.6. The van der Waals surface area contributed by atoms with Crippen LogP contribution in [0.25, 0.3) is 10.8 Å². The van der Waals surface area contributed by atoms with Crippen molar-refractivity contribution in [3.8, 4) is 11.5 Å². The molecule has 0 aromatic heterocycles. The molecule has 0 spiro atoms. The molecule has 0 bridgehead atoms. The van der Waals surface area contributed by atoms with Crippen LogP contribution in [0.1, 0.15) is 43.0 Å². The average Bonchev–Trinajstić information content (AvgIpc) is 3.33. The first-order chi connectivity index (χ1) is 17.5. The van der Waals surface area contributed by atoms with Crippen molar-refractivity contribution in [2.24, 2.45) is 5.10 Å². The number of hydrogen-bond donors (Lipinski definition) is 0. The number of aryl methyl sites for hydroxylation is 2. The van der Waals surface area contributed by atoms with Crippen molar-refractivity contribution in [1.29, 1.82) is 0 Å². The van der Waals surface area contributed by atoms with Crippen molar-refractivity contribution in [1.82, 2.24) is 5.01 Å². The normalized spacial score (nSPS) is 14.2. The van der Waals surface area contributed by atoms with Gasteiger partial charge < -0.3 is 9.47 Å². The van der Waals surface area contributed by atoms with Gasteiger partial charge in [-0.25, -0.2) is 0 Å². The highest BCUT2D eigenvalue weighted by molar-refractivity contribution is 14.1. The quantitative estimate of drug-likeness (QED) is 0.163. The van der Waals surface area contributed by atoms with Gasteiger partial charge >= 0.3 is 0 Å². The molecule has 0 saturated heterocycles. The molecule has 0 fully saturated rings. The molecule has 178 valence electrons. The number of carbonyl (C=O) groups is 2. The van der Waals surface area contributed by atoms with Gasteiger partial charge in [-0.1, -0.05) is 42.5 Å². The van der Waals surface area contributed by atoms with E-state index in [0.29, 0.717) is 34.8 Å². The van der Waals surface area contributed by atoms with Crippen molar-refractivity contribution in [3.63, 3.8) is 0 Å². The molecule has 0 atom stereocenters. The first-order valence-electron chi connectivity index (χ1n) is 11.6. The summed E-state index contributed by atoms with van der Waals surface area (Å²) in [6.07, 6.45) is 3.38. The Bertz CT molecular complexity index is 1520. The predicted molar refractivity (Wildman–Crippen MR) is 146 cm³/mol. The van der Waals surface area contributed by atoms with Gasteiger partial charge in [-0.2, -0.15) is 10.1 Å². The summed E-state index contributed by atoms with van der Waals surface area (Å²) < 4.78 is 12.4. The molecule has 2 amide bonds. The van der Waals surface area contributed by atoms with E-state index in [1.54, 1.807) is 13.2 Å². The fraction of sp³-hybridized carbons (Fsp3) is 0.138. The third-order valence-electron chi connectivity index (χ3n) is 6.64. The van der Waals surface area contributed by atoms with Gasteiger partial charge in [-0.3, -0.25) is 9.59 Å². The number of hydrogen-bond acceptors (Lipinski definition) is 5. The summed E-state index contributed by atoms with van der Waals surface area (Å²) in [6, 6.07) is 21.2. The molecule has 0 N–H and O–H groups in total. The zero-order valence-electron chi connectivity index (χ0n) is 19.5. The minimum atomic E-state index is -0.413. The molecule has 6 rings (SSSR count). The SMILES string of the molecule is COc1cc(/C=N\N2C(=O)c3ccc4c5c(ccc(c35)C2=O)CC4)cc(I)c1OCc1ccccc1. The molecule has 0 unspecified atom stereocenters. The predicted octanol–water partition coefficient (Wildman–Crippen LogP) is 5.76. The number of benzene rings is 4. The van der Waals surface area contributed by atoms with Crippen molar-refractivity contribution >= 4 is 51.4 Å². The summed E-state index contributed by atoms with van der Waals surface area (Å²) in [6.45, 7) is 0.409. The van der Waals surface area contributed by atoms with Gasteiger partial charge in [-0.15, -0.1) is 0 Å². The van der Waals surface area contributed by atoms with E-state index in [9.17, 15) is 9.59 Å².